The normalized spacial score (nSPS) is 16.7. The molecule has 0 aliphatic carbocycles. The van der Waals surface area contributed by atoms with Crippen molar-refractivity contribution >= 4 is 33.9 Å². The number of benzene rings is 1. The van der Waals surface area contributed by atoms with Crippen molar-refractivity contribution in [1.29, 1.82) is 0 Å². The van der Waals surface area contributed by atoms with E-state index in [-0.39, 0.29) is 29.5 Å². The lowest BCUT2D eigenvalue weighted by molar-refractivity contribution is -0.274. The van der Waals surface area contributed by atoms with Gasteiger partial charge in [0.15, 0.2) is 0 Å². The van der Waals surface area contributed by atoms with Gasteiger partial charge in [-0.2, -0.15) is 0 Å². The maximum atomic E-state index is 13.0. The van der Waals surface area contributed by atoms with E-state index in [9.17, 15) is 22.8 Å². The van der Waals surface area contributed by atoms with Gasteiger partial charge in [-0.1, -0.05) is 15.9 Å². The topological polar surface area (TPSA) is 94.1 Å². The first-order valence-corrected chi connectivity index (χ1v) is 11.8. The summed E-state index contributed by atoms with van der Waals surface area (Å²) in [7, 11) is 0. The summed E-state index contributed by atoms with van der Waals surface area (Å²) in [6, 6.07) is 3.83. The first-order valence-electron chi connectivity index (χ1n) is 11.0. The minimum Gasteiger partial charge on any atom is -0.443 e. The van der Waals surface area contributed by atoms with Crippen LogP contribution < -0.4 is 9.64 Å². The molecule has 1 aromatic heterocycles. The molecule has 0 saturated carbocycles. The Kier molecular flexibility index (Phi) is 6.90. The molecule has 0 unspecified atom stereocenters. The van der Waals surface area contributed by atoms with Crippen LogP contribution in [0.15, 0.2) is 35.1 Å². The summed E-state index contributed by atoms with van der Waals surface area (Å²) < 4.78 is 53.2. The third kappa shape index (κ3) is 5.89. The monoisotopic (exact) mass is 572 g/mol. The van der Waals surface area contributed by atoms with Crippen LogP contribution in [0.5, 0.6) is 5.75 Å². The summed E-state index contributed by atoms with van der Waals surface area (Å²) in [4.78, 5) is 37.1. The SMILES string of the molecule is CC(C)(C)OC(=O)N(Cc1cc(Br)cc(OC(F)(F)F)c1)c1ncc(C(=O)N2CCC23COC3)cn1. The largest absolute Gasteiger partial charge is 0.573 e. The second-order valence-electron chi connectivity index (χ2n) is 9.61. The Hall–Kier alpha value is -2.93. The smallest absolute Gasteiger partial charge is 0.443 e. The van der Waals surface area contributed by atoms with Crippen LogP contribution in [0.1, 0.15) is 43.1 Å². The highest BCUT2D eigenvalue weighted by atomic mass is 79.9. The maximum Gasteiger partial charge on any atom is 0.573 e. The lowest BCUT2D eigenvalue weighted by Crippen LogP contribution is -2.72. The third-order valence-corrected chi connectivity index (χ3v) is 6.06. The standard InChI is InChI=1S/C23H24BrF3N4O5/c1-21(2,3)36-20(33)30(11-14-6-16(24)8-17(7-14)35-23(25,26)27)19-28-9-15(10-29-19)18(32)31-5-4-22(31)12-34-13-22/h6-10H,4-5,11-13H2,1-3H3. The first kappa shape index (κ1) is 26.1. The molecule has 0 bridgehead atoms. The van der Waals surface area contributed by atoms with Gasteiger partial charge in [0, 0.05) is 23.4 Å². The van der Waals surface area contributed by atoms with E-state index in [0.717, 1.165) is 23.5 Å². The number of carbonyl (C=O) groups excluding carboxylic acids is 2. The second-order valence-corrected chi connectivity index (χ2v) is 10.5. The van der Waals surface area contributed by atoms with Gasteiger partial charge in [0.25, 0.3) is 5.91 Å². The molecule has 2 fully saturated rings. The Morgan fingerprint density at radius 2 is 1.83 bits per heavy atom. The average molecular weight is 573 g/mol. The Morgan fingerprint density at radius 1 is 1.17 bits per heavy atom. The molecule has 2 aromatic rings. The summed E-state index contributed by atoms with van der Waals surface area (Å²) in [5.74, 6) is -0.772. The Balaban J connectivity index is 1.58. The number of nitrogens with zero attached hydrogens (tertiary/aromatic N) is 4. The highest BCUT2D eigenvalue weighted by Crippen LogP contribution is 2.38. The van der Waals surface area contributed by atoms with Crippen molar-refractivity contribution in [2.45, 2.75) is 51.2 Å². The zero-order valence-electron chi connectivity index (χ0n) is 19.8. The van der Waals surface area contributed by atoms with Gasteiger partial charge in [0.2, 0.25) is 5.95 Å². The minimum absolute atomic E-state index is 0.0793. The lowest BCUT2D eigenvalue weighted by Gasteiger charge is -2.57. The molecular weight excluding hydrogens is 549 g/mol. The maximum absolute atomic E-state index is 13.0. The summed E-state index contributed by atoms with van der Waals surface area (Å²) in [5.41, 5.74) is -0.568. The zero-order chi connectivity index (χ0) is 26.3. The molecule has 3 heterocycles. The fourth-order valence-corrected chi connectivity index (χ4v) is 4.36. The van der Waals surface area contributed by atoms with Crippen LogP contribution in [-0.4, -0.2) is 64.1 Å². The number of hydrogen-bond donors (Lipinski definition) is 0. The summed E-state index contributed by atoms with van der Waals surface area (Å²) >= 11 is 3.16. The number of alkyl halides is 3. The van der Waals surface area contributed by atoms with Crippen LogP contribution in [0, 0.1) is 0 Å². The van der Waals surface area contributed by atoms with E-state index in [1.807, 2.05) is 0 Å². The van der Waals surface area contributed by atoms with E-state index in [2.05, 4.69) is 30.6 Å². The van der Waals surface area contributed by atoms with E-state index in [1.54, 1.807) is 25.7 Å². The zero-order valence-corrected chi connectivity index (χ0v) is 21.4. The quantitative estimate of drug-likeness (QED) is 0.512. The molecule has 0 atom stereocenters. The third-order valence-electron chi connectivity index (χ3n) is 5.61. The van der Waals surface area contributed by atoms with Crippen LogP contribution >= 0.6 is 15.9 Å². The molecule has 2 aliphatic rings. The molecule has 1 aromatic carbocycles. The van der Waals surface area contributed by atoms with E-state index in [1.165, 1.54) is 18.5 Å². The van der Waals surface area contributed by atoms with Gasteiger partial charge in [0.1, 0.15) is 11.4 Å². The lowest BCUT2D eigenvalue weighted by atomic mass is 9.82. The Morgan fingerprint density at radius 3 is 2.33 bits per heavy atom. The van der Waals surface area contributed by atoms with Gasteiger partial charge >= 0.3 is 12.5 Å². The molecule has 0 N–H and O–H groups in total. The predicted molar refractivity (Wildman–Crippen MR) is 124 cm³/mol. The average Bonchev–Trinajstić information content (AvgIpc) is 2.67. The highest BCUT2D eigenvalue weighted by molar-refractivity contribution is 9.10. The van der Waals surface area contributed by atoms with E-state index in [0.29, 0.717) is 29.8 Å². The number of aromatic nitrogens is 2. The molecular formula is C23H24BrF3N4O5. The molecule has 1 spiro atoms. The molecule has 2 amide bonds. The molecule has 36 heavy (non-hydrogen) atoms. The van der Waals surface area contributed by atoms with Crippen LogP contribution in [0.25, 0.3) is 0 Å². The second kappa shape index (κ2) is 9.51. The van der Waals surface area contributed by atoms with Crippen molar-refractivity contribution in [3.63, 3.8) is 0 Å². The number of carbonyl (C=O) groups is 2. The van der Waals surface area contributed by atoms with Crippen LogP contribution in [0.4, 0.5) is 23.9 Å². The van der Waals surface area contributed by atoms with Crippen molar-refractivity contribution < 1.29 is 37.0 Å². The van der Waals surface area contributed by atoms with Gasteiger partial charge in [-0.05, 0) is 51.0 Å². The van der Waals surface area contributed by atoms with Crippen LogP contribution in [-0.2, 0) is 16.0 Å². The Labute approximate surface area is 213 Å². The van der Waals surface area contributed by atoms with Crippen molar-refractivity contribution in [2.75, 3.05) is 24.7 Å². The number of halogens is 4. The molecule has 2 saturated heterocycles. The predicted octanol–water partition coefficient (Wildman–Crippen LogP) is 4.69. The van der Waals surface area contributed by atoms with Crippen LogP contribution in [0.3, 0.4) is 0 Å². The fraction of sp³-hybridized carbons (Fsp3) is 0.478. The number of ether oxygens (including phenoxy) is 3. The number of hydrogen-bond acceptors (Lipinski definition) is 7. The van der Waals surface area contributed by atoms with Gasteiger partial charge in [-0.15, -0.1) is 13.2 Å². The van der Waals surface area contributed by atoms with Crippen LogP contribution in [0.2, 0.25) is 0 Å². The molecule has 0 radical (unpaired) electrons. The molecule has 9 nitrogen and oxygen atoms in total. The molecule has 2 aliphatic heterocycles. The number of rotatable bonds is 5. The fourth-order valence-electron chi connectivity index (χ4n) is 3.84. The van der Waals surface area contributed by atoms with E-state index in [4.69, 9.17) is 9.47 Å². The summed E-state index contributed by atoms with van der Waals surface area (Å²) in [5, 5.41) is 0. The number of amides is 2. The van der Waals surface area contributed by atoms with Crippen molar-refractivity contribution in [2.24, 2.45) is 0 Å². The van der Waals surface area contributed by atoms with Crippen molar-refractivity contribution in [3.8, 4) is 5.75 Å². The number of likely N-dealkylation sites (tertiary alicyclic amines) is 1. The van der Waals surface area contributed by atoms with Gasteiger partial charge in [-0.3, -0.25) is 4.79 Å². The van der Waals surface area contributed by atoms with E-state index < -0.39 is 23.8 Å². The molecule has 4 rings (SSSR count). The van der Waals surface area contributed by atoms with Gasteiger partial charge in [0.05, 0.1) is 30.9 Å². The Bertz CT molecular complexity index is 1140. The summed E-state index contributed by atoms with van der Waals surface area (Å²) in [6.07, 6.45) is -2.20. The van der Waals surface area contributed by atoms with Gasteiger partial charge < -0.3 is 19.1 Å². The highest BCUT2D eigenvalue weighted by Gasteiger charge is 2.53. The first-order chi connectivity index (χ1) is 16.7. The van der Waals surface area contributed by atoms with E-state index >= 15 is 0 Å². The molecule has 194 valence electrons. The van der Waals surface area contributed by atoms with Gasteiger partial charge in [-0.25, -0.2) is 19.7 Å². The number of anilines is 1. The van der Waals surface area contributed by atoms with Crippen molar-refractivity contribution in [3.05, 3.63) is 46.2 Å². The summed E-state index contributed by atoms with van der Waals surface area (Å²) in [6.45, 7) is 6.41. The molecule has 13 heteroatoms. The van der Waals surface area contributed by atoms with Crippen molar-refractivity contribution in [1.82, 2.24) is 14.9 Å². The minimum atomic E-state index is -4.88.